The second kappa shape index (κ2) is 9.42. The first-order valence-electron chi connectivity index (χ1n) is 8.95. The molecule has 1 fully saturated rings. The molecule has 8 heteroatoms. The zero-order valence-electron chi connectivity index (χ0n) is 15.6. The summed E-state index contributed by atoms with van der Waals surface area (Å²) in [4.78, 5) is 38.8. The quantitative estimate of drug-likeness (QED) is 0.724. The van der Waals surface area contributed by atoms with E-state index < -0.39 is 12.0 Å². The van der Waals surface area contributed by atoms with Gasteiger partial charge in [-0.15, -0.1) is 0 Å². The molecule has 2 rings (SSSR count). The zero-order chi connectivity index (χ0) is 20.1. The molecule has 0 bridgehead atoms. The number of nitrogens with one attached hydrogen (secondary N) is 1. The topological polar surface area (TPSA) is 75.7 Å². The predicted molar refractivity (Wildman–Crippen MR) is 104 cm³/mol. The van der Waals surface area contributed by atoms with Gasteiger partial charge in [0.15, 0.2) is 0 Å². The van der Waals surface area contributed by atoms with Gasteiger partial charge in [-0.05, 0) is 44.9 Å². The molecule has 2 atom stereocenters. The lowest BCUT2D eigenvalue weighted by Gasteiger charge is -2.25. The Morgan fingerprint density at radius 1 is 1.26 bits per heavy atom. The molecular weight excluding hydrogens is 391 g/mol. The van der Waals surface area contributed by atoms with Gasteiger partial charge >= 0.3 is 5.97 Å². The normalized spacial score (nSPS) is 17.7. The van der Waals surface area contributed by atoms with E-state index in [-0.39, 0.29) is 36.0 Å². The van der Waals surface area contributed by atoms with Crippen LogP contribution in [0.2, 0.25) is 10.0 Å². The number of hydrogen-bond donors (Lipinski definition) is 1. The number of amides is 2. The minimum atomic E-state index is -0.596. The Balaban J connectivity index is 2.00. The van der Waals surface area contributed by atoms with Gasteiger partial charge in [0.2, 0.25) is 5.91 Å². The van der Waals surface area contributed by atoms with Crippen LogP contribution in [0.15, 0.2) is 18.2 Å². The van der Waals surface area contributed by atoms with Crippen LogP contribution in [0.1, 0.15) is 44.0 Å². The van der Waals surface area contributed by atoms with Crippen molar-refractivity contribution in [3.63, 3.8) is 0 Å². The van der Waals surface area contributed by atoms with Crippen molar-refractivity contribution >= 4 is 41.0 Å². The van der Waals surface area contributed by atoms with E-state index in [0.29, 0.717) is 29.4 Å². The summed E-state index contributed by atoms with van der Waals surface area (Å²) in [5.41, 5.74) is 0.276. The summed E-state index contributed by atoms with van der Waals surface area (Å²) in [6.45, 7) is 5.85. The van der Waals surface area contributed by atoms with Crippen molar-refractivity contribution in [2.45, 2.75) is 45.8 Å². The second-order valence-electron chi connectivity index (χ2n) is 6.91. The fraction of sp³-hybridized carbons (Fsp3) is 0.526. The molecule has 1 aliphatic heterocycles. The average molecular weight is 415 g/mol. The van der Waals surface area contributed by atoms with Crippen LogP contribution in [-0.4, -0.2) is 47.9 Å². The van der Waals surface area contributed by atoms with Crippen molar-refractivity contribution in [1.29, 1.82) is 0 Å². The monoisotopic (exact) mass is 414 g/mol. The van der Waals surface area contributed by atoms with Crippen molar-refractivity contribution in [2.24, 2.45) is 5.92 Å². The van der Waals surface area contributed by atoms with E-state index in [2.05, 4.69) is 5.32 Å². The standard InChI is InChI=1S/C19H24Cl2N2O4/c1-11(2)27-19(26)12(3)10-22-17(24)16-5-4-8-23(16)18(25)14-9-13(20)6-7-15(14)21/h6-7,9,11-12,16H,4-5,8,10H2,1-3H3,(H,22,24)/t12-,16-/m0/s1. The van der Waals surface area contributed by atoms with Crippen molar-refractivity contribution in [2.75, 3.05) is 13.1 Å². The van der Waals surface area contributed by atoms with E-state index >= 15 is 0 Å². The van der Waals surface area contributed by atoms with Gasteiger partial charge in [0.1, 0.15) is 6.04 Å². The number of likely N-dealkylation sites (tertiary alicyclic amines) is 1. The Bertz CT molecular complexity index is 724. The van der Waals surface area contributed by atoms with Crippen LogP contribution in [0.5, 0.6) is 0 Å². The SMILES string of the molecule is CC(C)OC(=O)[C@@H](C)CNC(=O)[C@@H]1CCCN1C(=O)c1cc(Cl)ccc1Cl. The fourth-order valence-electron chi connectivity index (χ4n) is 2.90. The maximum absolute atomic E-state index is 12.8. The number of rotatable bonds is 6. The summed E-state index contributed by atoms with van der Waals surface area (Å²) in [6, 6.07) is 4.07. The molecule has 0 radical (unpaired) electrons. The van der Waals surface area contributed by atoms with Crippen LogP contribution in [0.4, 0.5) is 0 Å². The van der Waals surface area contributed by atoms with Crippen LogP contribution in [0, 0.1) is 5.92 Å². The van der Waals surface area contributed by atoms with E-state index in [1.165, 1.54) is 11.0 Å². The first-order valence-corrected chi connectivity index (χ1v) is 9.70. The number of carbonyl (C=O) groups excluding carboxylic acids is 3. The molecule has 0 aliphatic carbocycles. The largest absolute Gasteiger partial charge is 0.463 e. The lowest BCUT2D eigenvalue weighted by molar-refractivity contribution is -0.151. The molecule has 1 saturated heterocycles. The van der Waals surface area contributed by atoms with Crippen LogP contribution in [-0.2, 0) is 14.3 Å². The van der Waals surface area contributed by atoms with Crippen LogP contribution in [0.3, 0.4) is 0 Å². The Morgan fingerprint density at radius 2 is 1.96 bits per heavy atom. The minimum Gasteiger partial charge on any atom is -0.463 e. The molecule has 6 nitrogen and oxygen atoms in total. The van der Waals surface area contributed by atoms with Gasteiger partial charge in [0.25, 0.3) is 5.91 Å². The third kappa shape index (κ3) is 5.59. The molecule has 1 aromatic carbocycles. The van der Waals surface area contributed by atoms with E-state index in [0.717, 1.165) is 0 Å². The van der Waals surface area contributed by atoms with Gasteiger partial charge < -0.3 is 15.0 Å². The molecule has 2 amide bonds. The highest BCUT2D eigenvalue weighted by Crippen LogP contribution is 2.26. The predicted octanol–water partition coefficient (Wildman–Crippen LogP) is 3.30. The third-order valence-corrected chi connectivity index (χ3v) is 4.88. The summed E-state index contributed by atoms with van der Waals surface area (Å²) >= 11 is 12.1. The Hall–Kier alpha value is -1.79. The number of benzene rings is 1. The Labute approximate surface area is 169 Å². The van der Waals surface area contributed by atoms with Crippen molar-refractivity contribution < 1.29 is 19.1 Å². The number of nitrogens with zero attached hydrogens (tertiary/aromatic N) is 1. The molecule has 1 aliphatic rings. The van der Waals surface area contributed by atoms with Gasteiger partial charge in [-0.25, -0.2) is 0 Å². The molecule has 1 heterocycles. The lowest BCUT2D eigenvalue weighted by atomic mass is 10.1. The molecule has 0 spiro atoms. The van der Waals surface area contributed by atoms with Crippen molar-refractivity contribution in [3.05, 3.63) is 33.8 Å². The third-order valence-electron chi connectivity index (χ3n) is 4.31. The van der Waals surface area contributed by atoms with Crippen LogP contribution >= 0.6 is 23.2 Å². The highest BCUT2D eigenvalue weighted by molar-refractivity contribution is 6.35. The second-order valence-corrected chi connectivity index (χ2v) is 7.76. The number of esters is 1. The molecule has 1 N–H and O–H groups in total. The lowest BCUT2D eigenvalue weighted by Crippen LogP contribution is -2.47. The zero-order valence-corrected chi connectivity index (χ0v) is 17.1. The fourth-order valence-corrected chi connectivity index (χ4v) is 3.27. The molecule has 0 saturated carbocycles. The van der Waals surface area contributed by atoms with Gasteiger partial charge in [-0.1, -0.05) is 30.1 Å². The van der Waals surface area contributed by atoms with Gasteiger partial charge in [-0.3, -0.25) is 14.4 Å². The van der Waals surface area contributed by atoms with Gasteiger partial charge in [-0.2, -0.15) is 0 Å². The van der Waals surface area contributed by atoms with Crippen molar-refractivity contribution in [1.82, 2.24) is 10.2 Å². The Kier molecular flexibility index (Phi) is 7.50. The molecule has 0 unspecified atom stereocenters. The van der Waals surface area contributed by atoms with Gasteiger partial charge in [0, 0.05) is 18.1 Å². The molecule has 27 heavy (non-hydrogen) atoms. The maximum Gasteiger partial charge on any atom is 0.310 e. The minimum absolute atomic E-state index is 0.154. The summed E-state index contributed by atoms with van der Waals surface area (Å²) in [5.74, 6) is -1.45. The molecular formula is C19H24Cl2N2O4. The van der Waals surface area contributed by atoms with E-state index in [1.807, 2.05) is 0 Å². The molecule has 1 aromatic rings. The molecule has 148 valence electrons. The molecule has 0 aromatic heterocycles. The van der Waals surface area contributed by atoms with E-state index in [4.69, 9.17) is 27.9 Å². The number of halogens is 2. The van der Waals surface area contributed by atoms with Crippen LogP contribution in [0.25, 0.3) is 0 Å². The highest BCUT2D eigenvalue weighted by Gasteiger charge is 2.35. The van der Waals surface area contributed by atoms with Gasteiger partial charge in [0.05, 0.1) is 22.6 Å². The highest BCUT2D eigenvalue weighted by atomic mass is 35.5. The van der Waals surface area contributed by atoms with E-state index in [1.54, 1.807) is 32.9 Å². The first kappa shape index (κ1) is 21.5. The number of ether oxygens (including phenoxy) is 1. The average Bonchev–Trinajstić information content (AvgIpc) is 3.10. The van der Waals surface area contributed by atoms with E-state index in [9.17, 15) is 14.4 Å². The summed E-state index contributed by atoms with van der Waals surface area (Å²) in [6.07, 6.45) is 1.06. The maximum atomic E-state index is 12.8. The summed E-state index contributed by atoms with van der Waals surface area (Å²) in [7, 11) is 0. The van der Waals surface area contributed by atoms with Crippen molar-refractivity contribution in [3.8, 4) is 0 Å². The Morgan fingerprint density at radius 3 is 2.63 bits per heavy atom. The number of carbonyl (C=O) groups is 3. The summed E-state index contributed by atoms with van der Waals surface area (Å²) in [5, 5.41) is 3.44. The van der Waals surface area contributed by atoms with Crippen LogP contribution < -0.4 is 5.32 Å². The first-order chi connectivity index (χ1) is 12.7. The smallest absolute Gasteiger partial charge is 0.310 e. The summed E-state index contributed by atoms with van der Waals surface area (Å²) < 4.78 is 5.13. The number of hydrogen-bond acceptors (Lipinski definition) is 4.